The van der Waals surface area contributed by atoms with Gasteiger partial charge in [0.1, 0.15) is 23.8 Å². The molecule has 0 spiro atoms. The summed E-state index contributed by atoms with van der Waals surface area (Å²) in [6.07, 6.45) is 2.71. The van der Waals surface area contributed by atoms with E-state index in [1.54, 1.807) is 11.9 Å². The van der Waals surface area contributed by atoms with E-state index in [4.69, 9.17) is 17.3 Å². The molecule has 10 nitrogen and oxygen atoms in total. The van der Waals surface area contributed by atoms with E-state index in [0.29, 0.717) is 26.2 Å². The van der Waals surface area contributed by atoms with Crippen LogP contribution >= 0.6 is 11.6 Å². The molecule has 41 heavy (non-hydrogen) atoms. The number of anilines is 2. The summed E-state index contributed by atoms with van der Waals surface area (Å²) in [6.45, 7) is 2.73. The topological polar surface area (TPSA) is 118 Å². The molecule has 2 amide bonds. The molecule has 1 aliphatic heterocycles. The number of ether oxygens (including phenoxy) is 1. The van der Waals surface area contributed by atoms with Crippen LogP contribution in [0.2, 0.25) is 5.02 Å². The van der Waals surface area contributed by atoms with E-state index in [9.17, 15) is 18.4 Å². The third kappa shape index (κ3) is 7.14. The normalized spacial score (nSPS) is 14.0. The fourth-order valence-corrected chi connectivity index (χ4v) is 4.59. The van der Waals surface area contributed by atoms with E-state index >= 15 is 0 Å². The molecule has 216 valence electrons. The number of rotatable bonds is 10. The standard InChI is InChI=1S/C28H30ClF2N7O3/c1-3-20(26(32)33-2)27(40)34-22-16-38(35-25(22)21-15-18(29)9-10-23(21)41-28(30)31)17-24(39)37-13-11-36(12-14-37)19-7-5-4-6-8-19/h3-10,15-16,28,33H,1,11-14,17,32H2,2H3,(H,34,40)/b26-20-. The Bertz CT molecular complexity index is 1440. The number of halogens is 3. The molecule has 3 aromatic rings. The average molecular weight is 586 g/mol. The van der Waals surface area contributed by atoms with Crippen LogP contribution in [0.5, 0.6) is 5.75 Å². The Morgan fingerprint density at radius 2 is 1.88 bits per heavy atom. The molecule has 0 saturated carbocycles. The van der Waals surface area contributed by atoms with Gasteiger partial charge in [0.05, 0.1) is 11.3 Å². The van der Waals surface area contributed by atoms with Gasteiger partial charge in [-0.3, -0.25) is 14.3 Å². The minimum atomic E-state index is -3.11. The van der Waals surface area contributed by atoms with Gasteiger partial charge in [-0.05, 0) is 30.3 Å². The molecule has 4 N–H and O–H groups in total. The number of alkyl halides is 2. The Balaban J connectivity index is 1.61. The molecule has 13 heteroatoms. The molecule has 0 atom stereocenters. The maximum absolute atomic E-state index is 13.2. The van der Waals surface area contributed by atoms with Crippen molar-refractivity contribution in [1.29, 1.82) is 0 Å². The summed E-state index contributed by atoms with van der Waals surface area (Å²) in [6, 6.07) is 14.0. The van der Waals surface area contributed by atoms with Crippen molar-refractivity contribution < 1.29 is 23.1 Å². The highest BCUT2D eigenvalue weighted by atomic mass is 35.5. The van der Waals surface area contributed by atoms with Crippen molar-refractivity contribution in [2.24, 2.45) is 5.73 Å². The Labute approximate surface area is 241 Å². The summed E-state index contributed by atoms with van der Waals surface area (Å²) in [5, 5.41) is 10.1. The molecular formula is C28H30ClF2N7O3. The van der Waals surface area contributed by atoms with Crippen LogP contribution in [0.3, 0.4) is 0 Å². The zero-order chi connectivity index (χ0) is 29.5. The van der Waals surface area contributed by atoms with Gasteiger partial charge in [0.2, 0.25) is 5.91 Å². The molecule has 0 unspecified atom stereocenters. The summed E-state index contributed by atoms with van der Waals surface area (Å²) >= 11 is 6.17. The van der Waals surface area contributed by atoms with Crippen LogP contribution in [0.4, 0.5) is 20.2 Å². The van der Waals surface area contributed by atoms with Crippen molar-refractivity contribution in [3.63, 3.8) is 0 Å². The first kappa shape index (κ1) is 29.4. The van der Waals surface area contributed by atoms with Gasteiger partial charge in [-0.25, -0.2) is 0 Å². The summed E-state index contributed by atoms with van der Waals surface area (Å²) < 4.78 is 32.4. The van der Waals surface area contributed by atoms with E-state index in [0.717, 1.165) is 5.69 Å². The highest BCUT2D eigenvalue weighted by Gasteiger charge is 2.25. The summed E-state index contributed by atoms with van der Waals surface area (Å²) in [5.41, 5.74) is 7.31. The predicted molar refractivity (Wildman–Crippen MR) is 154 cm³/mol. The van der Waals surface area contributed by atoms with E-state index in [1.807, 2.05) is 30.3 Å². The van der Waals surface area contributed by atoms with Gasteiger partial charge in [-0.15, -0.1) is 0 Å². The number of para-hydroxylation sites is 1. The molecule has 0 radical (unpaired) electrons. The second-order valence-electron chi connectivity index (χ2n) is 9.05. The zero-order valence-corrected chi connectivity index (χ0v) is 23.1. The zero-order valence-electron chi connectivity index (χ0n) is 22.3. The molecule has 4 rings (SSSR count). The highest BCUT2D eigenvalue weighted by molar-refractivity contribution is 6.31. The molecule has 1 aromatic heterocycles. The van der Waals surface area contributed by atoms with Gasteiger partial charge in [0.15, 0.2) is 0 Å². The number of hydrogen-bond donors (Lipinski definition) is 3. The number of hydrogen-bond acceptors (Lipinski definition) is 7. The molecule has 1 aliphatic rings. The number of carbonyl (C=O) groups excluding carboxylic acids is 2. The fourth-order valence-electron chi connectivity index (χ4n) is 4.42. The third-order valence-corrected chi connectivity index (χ3v) is 6.72. The van der Waals surface area contributed by atoms with E-state index in [-0.39, 0.29) is 51.6 Å². The number of aromatic nitrogens is 2. The second-order valence-corrected chi connectivity index (χ2v) is 9.48. The predicted octanol–water partition coefficient (Wildman–Crippen LogP) is 3.67. The highest BCUT2D eigenvalue weighted by Crippen LogP contribution is 2.37. The maximum atomic E-state index is 13.2. The summed E-state index contributed by atoms with van der Waals surface area (Å²) in [5.74, 6) is -0.955. The number of nitrogens with one attached hydrogen (secondary N) is 2. The number of piperazine rings is 1. The number of benzene rings is 2. The minimum Gasteiger partial charge on any atom is -0.434 e. The summed E-state index contributed by atoms with van der Waals surface area (Å²) in [7, 11) is 1.54. The number of amides is 2. The average Bonchev–Trinajstić information content (AvgIpc) is 3.35. The van der Waals surface area contributed by atoms with Crippen LogP contribution in [0.25, 0.3) is 11.3 Å². The van der Waals surface area contributed by atoms with E-state index in [1.165, 1.54) is 35.2 Å². The van der Waals surface area contributed by atoms with Crippen LogP contribution in [-0.4, -0.2) is 66.3 Å². The van der Waals surface area contributed by atoms with E-state index < -0.39 is 12.5 Å². The monoisotopic (exact) mass is 585 g/mol. The van der Waals surface area contributed by atoms with Crippen molar-refractivity contribution in [2.75, 3.05) is 43.4 Å². The largest absolute Gasteiger partial charge is 0.434 e. The summed E-state index contributed by atoms with van der Waals surface area (Å²) in [4.78, 5) is 30.2. The Hall–Kier alpha value is -4.58. The van der Waals surface area contributed by atoms with Crippen LogP contribution in [0, 0.1) is 0 Å². The van der Waals surface area contributed by atoms with Crippen molar-refractivity contribution in [3.05, 3.63) is 83.8 Å². The molecule has 1 fully saturated rings. The van der Waals surface area contributed by atoms with Crippen molar-refractivity contribution in [3.8, 4) is 17.0 Å². The third-order valence-electron chi connectivity index (χ3n) is 6.48. The van der Waals surface area contributed by atoms with Gasteiger partial charge in [0.25, 0.3) is 5.91 Å². The van der Waals surface area contributed by atoms with Crippen molar-refractivity contribution in [1.82, 2.24) is 20.0 Å². The minimum absolute atomic E-state index is 0.0497. The van der Waals surface area contributed by atoms with Gasteiger partial charge in [-0.1, -0.05) is 42.5 Å². The number of carbonyl (C=O) groups is 2. The van der Waals surface area contributed by atoms with Gasteiger partial charge in [-0.2, -0.15) is 13.9 Å². The first-order valence-corrected chi connectivity index (χ1v) is 13.1. The van der Waals surface area contributed by atoms with Crippen molar-refractivity contribution >= 4 is 34.8 Å². The lowest BCUT2D eigenvalue weighted by Crippen LogP contribution is -2.49. The molecular weight excluding hydrogens is 556 g/mol. The molecule has 1 saturated heterocycles. The first-order chi connectivity index (χ1) is 19.7. The fraction of sp³-hybridized carbons (Fsp3) is 0.250. The molecule has 2 aromatic carbocycles. The number of nitrogens with zero attached hydrogens (tertiary/aromatic N) is 4. The Morgan fingerprint density at radius 1 is 1.17 bits per heavy atom. The van der Waals surface area contributed by atoms with Crippen LogP contribution in [-0.2, 0) is 16.1 Å². The quantitative estimate of drug-likeness (QED) is 0.245. The Morgan fingerprint density at radius 3 is 2.51 bits per heavy atom. The molecule has 0 bridgehead atoms. The molecule has 0 aliphatic carbocycles. The first-order valence-electron chi connectivity index (χ1n) is 12.7. The number of nitrogens with two attached hydrogens (primary N) is 1. The van der Waals surface area contributed by atoms with Gasteiger partial charge in [0, 0.05) is 55.7 Å². The molecule has 2 heterocycles. The van der Waals surface area contributed by atoms with Crippen LogP contribution in [0.1, 0.15) is 0 Å². The van der Waals surface area contributed by atoms with Crippen LogP contribution in [0.15, 0.2) is 78.8 Å². The lowest BCUT2D eigenvalue weighted by molar-refractivity contribution is -0.132. The van der Waals surface area contributed by atoms with Gasteiger partial charge < -0.3 is 30.9 Å². The SMILES string of the molecule is C=C/C(C(=O)Nc1cn(CC(=O)N2CCN(c3ccccc3)CC2)nc1-c1cc(Cl)ccc1OC(F)F)=C(\N)NC. The Kier molecular flexibility index (Phi) is 9.45. The second kappa shape index (κ2) is 13.2. The smallest absolute Gasteiger partial charge is 0.387 e. The lowest BCUT2D eigenvalue weighted by Gasteiger charge is -2.36. The van der Waals surface area contributed by atoms with Crippen molar-refractivity contribution in [2.45, 2.75) is 13.2 Å². The lowest BCUT2D eigenvalue weighted by atomic mass is 10.1. The van der Waals surface area contributed by atoms with Crippen LogP contribution < -0.4 is 26.0 Å². The maximum Gasteiger partial charge on any atom is 0.387 e. The van der Waals surface area contributed by atoms with E-state index in [2.05, 4.69) is 31.9 Å². The van der Waals surface area contributed by atoms with Gasteiger partial charge >= 0.3 is 6.61 Å².